The maximum Gasteiger partial charge on any atom is 0.186 e. The molecule has 14 atom stereocenters. The van der Waals surface area contributed by atoms with E-state index >= 15 is 0 Å². The van der Waals surface area contributed by atoms with Crippen molar-refractivity contribution in [3.05, 3.63) is 11.6 Å². The molecular weight excluding hydrogens is 446 g/mol. The van der Waals surface area contributed by atoms with Gasteiger partial charge in [0.05, 0.1) is 31.0 Å². The van der Waals surface area contributed by atoms with Crippen LogP contribution in [0, 0.1) is 5.92 Å². The van der Waals surface area contributed by atoms with E-state index < -0.39 is 98.5 Å². The summed E-state index contributed by atoms with van der Waals surface area (Å²) < 4.78 is 11.0. The second-order valence-electron chi connectivity index (χ2n) is 9.07. The Bertz CT molecular complexity index is 679. The van der Waals surface area contributed by atoms with Crippen LogP contribution in [0.3, 0.4) is 0 Å². The van der Waals surface area contributed by atoms with Crippen molar-refractivity contribution >= 4 is 0 Å². The maximum atomic E-state index is 10.7. The lowest BCUT2D eigenvalue weighted by Gasteiger charge is -2.47. The molecule has 1 saturated carbocycles. The van der Waals surface area contributed by atoms with Gasteiger partial charge in [-0.15, -0.1) is 0 Å². The first-order chi connectivity index (χ1) is 15.5. The Morgan fingerprint density at radius 3 is 2.15 bits per heavy atom. The molecule has 1 aliphatic heterocycles. The molecule has 0 aromatic heterocycles. The number of aliphatic hydroxyl groups excluding tert-OH is 10. The third-order valence-corrected chi connectivity index (χ3v) is 6.86. The summed E-state index contributed by atoms with van der Waals surface area (Å²) in [5, 5.41) is 104. The summed E-state index contributed by atoms with van der Waals surface area (Å²) in [6, 6.07) is -1.87. The van der Waals surface area contributed by atoms with Gasteiger partial charge >= 0.3 is 0 Å². The summed E-state index contributed by atoms with van der Waals surface area (Å²) in [6.07, 6.45) is -14.3. The molecule has 0 aromatic carbocycles. The van der Waals surface area contributed by atoms with E-state index in [1.54, 1.807) is 0 Å². The molecule has 192 valence electrons. The van der Waals surface area contributed by atoms with Gasteiger partial charge in [0.2, 0.25) is 0 Å². The number of hydrogen-bond donors (Lipinski definition) is 11. The van der Waals surface area contributed by atoms with E-state index in [4.69, 9.17) is 9.47 Å². The highest BCUT2D eigenvalue weighted by Crippen LogP contribution is 2.33. The Kier molecular flexibility index (Phi) is 8.83. The molecule has 0 aromatic rings. The minimum absolute atomic E-state index is 0.0348. The molecule has 1 saturated heterocycles. The first-order valence-electron chi connectivity index (χ1n) is 11.0. The summed E-state index contributed by atoms with van der Waals surface area (Å²) >= 11 is 0. The fourth-order valence-electron chi connectivity index (χ4n) is 4.71. The predicted molar refractivity (Wildman–Crippen MR) is 108 cm³/mol. The van der Waals surface area contributed by atoms with E-state index in [2.05, 4.69) is 5.32 Å². The average molecular weight is 481 g/mol. The van der Waals surface area contributed by atoms with E-state index in [-0.39, 0.29) is 12.0 Å². The van der Waals surface area contributed by atoms with Gasteiger partial charge < -0.3 is 65.9 Å². The van der Waals surface area contributed by atoms with Crippen LogP contribution in [-0.4, -0.2) is 144 Å². The van der Waals surface area contributed by atoms with Crippen LogP contribution >= 0.6 is 0 Å². The topological polar surface area (TPSA) is 233 Å². The molecule has 3 rings (SSSR count). The molecule has 13 heteroatoms. The van der Waals surface area contributed by atoms with E-state index in [0.29, 0.717) is 0 Å². The van der Waals surface area contributed by atoms with Crippen LogP contribution < -0.4 is 5.32 Å². The third-order valence-electron chi connectivity index (χ3n) is 6.86. The number of hydrogen-bond acceptors (Lipinski definition) is 13. The molecule has 3 unspecified atom stereocenters. The minimum atomic E-state index is -1.64. The molecule has 2 aliphatic carbocycles. The normalized spacial score (nSPS) is 51.3. The zero-order chi connectivity index (χ0) is 24.6. The van der Waals surface area contributed by atoms with Crippen molar-refractivity contribution in [3.8, 4) is 0 Å². The molecule has 0 amide bonds. The molecule has 0 bridgehead atoms. The van der Waals surface area contributed by atoms with Crippen LogP contribution in [0.4, 0.5) is 0 Å². The lowest BCUT2D eigenvalue weighted by molar-refractivity contribution is -0.322. The van der Waals surface area contributed by atoms with Gasteiger partial charge in [-0.05, 0) is 18.9 Å². The summed E-state index contributed by atoms with van der Waals surface area (Å²) in [6.45, 7) is 0.417. The first kappa shape index (κ1) is 26.8. The molecule has 3 aliphatic rings. The van der Waals surface area contributed by atoms with E-state index in [0.717, 1.165) is 0 Å². The lowest BCUT2D eigenvalue weighted by atomic mass is 9.78. The Hall–Kier alpha value is -0.780. The van der Waals surface area contributed by atoms with Crippen molar-refractivity contribution in [2.45, 2.75) is 92.8 Å². The van der Waals surface area contributed by atoms with Gasteiger partial charge in [0.25, 0.3) is 0 Å². The van der Waals surface area contributed by atoms with Gasteiger partial charge in [0.1, 0.15) is 42.7 Å². The third kappa shape index (κ3) is 5.26. The largest absolute Gasteiger partial charge is 0.396 e. The number of aliphatic hydroxyl groups is 10. The summed E-state index contributed by atoms with van der Waals surface area (Å²) in [7, 11) is 0. The van der Waals surface area contributed by atoms with Crippen molar-refractivity contribution < 1.29 is 60.5 Å². The molecule has 11 N–H and O–H groups in total. The molecule has 33 heavy (non-hydrogen) atoms. The zero-order valence-corrected chi connectivity index (χ0v) is 18.1. The quantitative estimate of drug-likeness (QED) is 0.159. The van der Waals surface area contributed by atoms with Crippen LogP contribution in [0.25, 0.3) is 0 Å². The monoisotopic (exact) mass is 481 g/mol. The number of ether oxygens (including phenoxy) is 2. The van der Waals surface area contributed by atoms with Crippen LogP contribution in [0.15, 0.2) is 11.6 Å². The Labute approximate surface area is 190 Å². The SMILES string of the molecule is CC1O[C@@H](O[C@@H]2[C@@H](CO)C[C@H](N[C@H]3C=C(CO)[C@@H](O)[C@H](O)[C@H]3O)[C@H](O)[C@H]2O)C(O)C(O)[C@@H]1O. The summed E-state index contributed by atoms with van der Waals surface area (Å²) in [5.41, 5.74) is 0.0781. The Balaban J connectivity index is 1.72. The molecular formula is C20H35NO12. The van der Waals surface area contributed by atoms with Gasteiger partial charge in [0, 0.05) is 18.6 Å². The van der Waals surface area contributed by atoms with E-state index in [9.17, 15) is 51.1 Å². The van der Waals surface area contributed by atoms with Crippen molar-refractivity contribution in [1.82, 2.24) is 5.32 Å². The van der Waals surface area contributed by atoms with Gasteiger partial charge in [-0.25, -0.2) is 0 Å². The first-order valence-corrected chi connectivity index (χ1v) is 11.0. The second kappa shape index (κ2) is 10.9. The van der Waals surface area contributed by atoms with Gasteiger partial charge in [0.15, 0.2) is 6.29 Å². The highest BCUT2D eigenvalue weighted by atomic mass is 16.7. The molecule has 0 spiro atoms. The zero-order valence-electron chi connectivity index (χ0n) is 18.1. The second-order valence-corrected chi connectivity index (χ2v) is 9.07. The highest BCUT2D eigenvalue weighted by Gasteiger charge is 2.50. The van der Waals surface area contributed by atoms with Crippen molar-refractivity contribution in [2.75, 3.05) is 13.2 Å². The lowest BCUT2D eigenvalue weighted by Crippen LogP contribution is -2.65. The van der Waals surface area contributed by atoms with Gasteiger partial charge in [-0.3, -0.25) is 0 Å². The van der Waals surface area contributed by atoms with Gasteiger partial charge in [-0.1, -0.05) is 6.08 Å². The van der Waals surface area contributed by atoms with Crippen molar-refractivity contribution in [1.29, 1.82) is 0 Å². The fourth-order valence-corrected chi connectivity index (χ4v) is 4.71. The Morgan fingerprint density at radius 1 is 0.879 bits per heavy atom. The molecule has 0 radical (unpaired) electrons. The van der Waals surface area contributed by atoms with Crippen LogP contribution in [-0.2, 0) is 9.47 Å². The molecule has 1 heterocycles. The smallest absolute Gasteiger partial charge is 0.186 e. The van der Waals surface area contributed by atoms with E-state index in [1.165, 1.54) is 13.0 Å². The molecule has 2 fully saturated rings. The van der Waals surface area contributed by atoms with Crippen molar-refractivity contribution in [3.63, 3.8) is 0 Å². The standard InChI is InChI=1S/C20H35NO12/c1-6-11(24)15(28)18(31)20(32-6)33-19-8(5-23)3-10(14(27)17(19)30)21-9-2-7(4-22)12(25)16(29)13(9)26/h2,6,8-31H,3-5H2,1H3/t6?,8-,9+,10+,11-,12-,13+,14+,15?,16+,17-,18?,19-,20+/m1/s1. The summed E-state index contributed by atoms with van der Waals surface area (Å²) in [5.74, 6) is -0.770. The number of nitrogens with one attached hydrogen (secondary N) is 1. The Morgan fingerprint density at radius 2 is 1.55 bits per heavy atom. The van der Waals surface area contributed by atoms with E-state index in [1.807, 2.05) is 0 Å². The fraction of sp³-hybridized carbons (Fsp3) is 0.900. The number of rotatable bonds is 6. The van der Waals surface area contributed by atoms with Crippen molar-refractivity contribution in [2.24, 2.45) is 5.92 Å². The van der Waals surface area contributed by atoms with Crippen LogP contribution in [0.5, 0.6) is 0 Å². The highest BCUT2D eigenvalue weighted by molar-refractivity contribution is 5.22. The molecule has 13 nitrogen and oxygen atoms in total. The van der Waals surface area contributed by atoms with Crippen LogP contribution in [0.1, 0.15) is 13.3 Å². The minimum Gasteiger partial charge on any atom is -0.396 e. The summed E-state index contributed by atoms with van der Waals surface area (Å²) in [4.78, 5) is 0. The maximum absolute atomic E-state index is 10.7. The van der Waals surface area contributed by atoms with Gasteiger partial charge in [-0.2, -0.15) is 0 Å². The average Bonchev–Trinajstić information content (AvgIpc) is 2.80. The van der Waals surface area contributed by atoms with Crippen LogP contribution in [0.2, 0.25) is 0 Å². The predicted octanol–water partition coefficient (Wildman–Crippen LogP) is -5.73.